The number of sulfonamides is 1. The molecule has 2 saturated heterocycles. The standard InChI is InChI=1S/C22H34ClN3O4S/c1-16-6-4-11-26(13-16)31(28,29)21-12-19(7-8-20(21)23)22(27)24-9-5-10-25-14-17(2)30-18(3)15-25/h7-8,12,16-18H,4-6,9-11,13-15H2,1-3H3,(H,24,27). The van der Waals surface area contributed by atoms with E-state index in [1.807, 2.05) is 6.92 Å². The molecular formula is C22H34ClN3O4S. The Hall–Kier alpha value is -1.19. The van der Waals surface area contributed by atoms with Crippen molar-refractivity contribution in [3.8, 4) is 0 Å². The maximum atomic E-state index is 13.1. The maximum absolute atomic E-state index is 13.1. The van der Waals surface area contributed by atoms with E-state index in [-0.39, 0.29) is 28.0 Å². The second-order valence-corrected chi connectivity index (χ2v) is 11.2. The van der Waals surface area contributed by atoms with E-state index in [1.54, 1.807) is 6.07 Å². The summed E-state index contributed by atoms with van der Waals surface area (Å²) in [5, 5.41) is 3.04. The quantitative estimate of drug-likeness (QED) is 0.618. The summed E-state index contributed by atoms with van der Waals surface area (Å²) in [6, 6.07) is 4.46. The highest BCUT2D eigenvalue weighted by Gasteiger charge is 2.31. The molecule has 1 amide bonds. The normalized spacial score (nSPS) is 26.0. The van der Waals surface area contributed by atoms with E-state index in [1.165, 1.54) is 16.4 Å². The lowest BCUT2D eigenvalue weighted by atomic mass is 10.0. The van der Waals surface area contributed by atoms with Crippen molar-refractivity contribution >= 4 is 27.5 Å². The SMILES string of the molecule is CC1CCCN(S(=O)(=O)c2cc(C(=O)NCCCN3CC(C)OC(C)C3)ccc2Cl)C1. The molecule has 3 unspecified atom stereocenters. The number of hydrogen-bond acceptors (Lipinski definition) is 5. The molecule has 0 bridgehead atoms. The van der Waals surface area contributed by atoms with Gasteiger partial charge in [-0.15, -0.1) is 0 Å². The third-order valence-corrected chi connectivity index (χ3v) is 8.21. The number of nitrogens with one attached hydrogen (secondary N) is 1. The summed E-state index contributed by atoms with van der Waals surface area (Å²) in [6.45, 7) is 10.3. The van der Waals surface area contributed by atoms with Crippen molar-refractivity contribution < 1.29 is 17.9 Å². The molecule has 2 fully saturated rings. The van der Waals surface area contributed by atoms with Crippen molar-refractivity contribution in [2.45, 2.75) is 57.1 Å². The minimum absolute atomic E-state index is 0.00667. The number of benzene rings is 1. The molecule has 31 heavy (non-hydrogen) atoms. The predicted octanol–water partition coefficient (Wildman–Crippen LogP) is 2.99. The van der Waals surface area contributed by atoms with Gasteiger partial charge in [-0.1, -0.05) is 18.5 Å². The van der Waals surface area contributed by atoms with Gasteiger partial charge in [0.2, 0.25) is 10.0 Å². The summed E-state index contributed by atoms with van der Waals surface area (Å²) in [7, 11) is -3.73. The summed E-state index contributed by atoms with van der Waals surface area (Å²) in [4.78, 5) is 15.0. The highest BCUT2D eigenvalue weighted by Crippen LogP contribution is 2.29. The number of halogens is 1. The van der Waals surface area contributed by atoms with Crippen LogP contribution >= 0.6 is 11.6 Å². The van der Waals surface area contributed by atoms with Crippen LogP contribution in [-0.4, -0.2) is 75.0 Å². The van der Waals surface area contributed by atoms with Crippen LogP contribution in [-0.2, 0) is 14.8 Å². The van der Waals surface area contributed by atoms with Crippen LogP contribution in [0.15, 0.2) is 23.1 Å². The first-order valence-electron chi connectivity index (χ1n) is 11.1. The van der Waals surface area contributed by atoms with Crippen molar-refractivity contribution in [2.75, 3.05) is 39.3 Å². The minimum atomic E-state index is -3.73. The highest BCUT2D eigenvalue weighted by molar-refractivity contribution is 7.89. The van der Waals surface area contributed by atoms with Crippen LogP contribution < -0.4 is 5.32 Å². The van der Waals surface area contributed by atoms with E-state index >= 15 is 0 Å². The van der Waals surface area contributed by atoms with E-state index in [4.69, 9.17) is 16.3 Å². The van der Waals surface area contributed by atoms with E-state index in [2.05, 4.69) is 24.1 Å². The molecule has 2 aliphatic rings. The summed E-state index contributed by atoms with van der Waals surface area (Å²) < 4.78 is 33.4. The number of piperidine rings is 1. The summed E-state index contributed by atoms with van der Waals surface area (Å²) in [6.07, 6.45) is 3.10. The van der Waals surface area contributed by atoms with Crippen LogP contribution in [0.4, 0.5) is 0 Å². The molecule has 9 heteroatoms. The molecule has 1 N–H and O–H groups in total. The number of carbonyl (C=O) groups excluding carboxylic acids is 1. The fraction of sp³-hybridized carbons (Fsp3) is 0.682. The van der Waals surface area contributed by atoms with Gasteiger partial charge in [-0.2, -0.15) is 4.31 Å². The first-order valence-corrected chi connectivity index (χ1v) is 12.9. The van der Waals surface area contributed by atoms with Gasteiger partial charge in [0.25, 0.3) is 5.91 Å². The minimum Gasteiger partial charge on any atom is -0.373 e. The zero-order valence-corrected chi connectivity index (χ0v) is 20.2. The molecule has 2 heterocycles. The molecule has 0 saturated carbocycles. The topological polar surface area (TPSA) is 79.0 Å². The van der Waals surface area contributed by atoms with Gasteiger partial charge >= 0.3 is 0 Å². The molecule has 3 atom stereocenters. The van der Waals surface area contributed by atoms with Crippen LogP contribution in [0.3, 0.4) is 0 Å². The van der Waals surface area contributed by atoms with Gasteiger partial charge in [0, 0.05) is 44.8 Å². The zero-order valence-electron chi connectivity index (χ0n) is 18.6. The Balaban J connectivity index is 1.58. The fourth-order valence-corrected chi connectivity index (χ4v) is 6.52. The first-order chi connectivity index (χ1) is 14.7. The number of ether oxygens (including phenoxy) is 1. The fourth-order valence-electron chi connectivity index (χ4n) is 4.42. The average molecular weight is 472 g/mol. The van der Waals surface area contributed by atoms with Gasteiger partial charge in [0.1, 0.15) is 4.90 Å². The van der Waals surface area contributed by atoms with Gasteiger partial charge in [-0.05, 0) is 57.2 Å². The van der Waals surface area contributed by atoms with Crippen LogP contribution in [0.2, 0.25) is 5.02 Å². The van der Waals surface area contributed by atoms with Gasteiger partial charge in [0.05, 0.1) is 17.2 Å². The third kappa shape index (κ3) is 6.42. The predicted molar refractivity (Wildman–Crippen MR) is 122 cm³/mol. The van der Waals surface area contributed by atoms with Gasteiger partial charge < -0.3 is 10.1 Å². The maximum Gasteiger partial charge on any atom is 0.251 e. The van der Waals surface area contributed by atoms with Crippen molar-refractivity contribution in [2.24, 2.45) is 5.92 Å². The highest BCUT2D eigenvalue weighted by atomic mass is 35.5. The Bertz CT molecular complexity index is 870. The summed E-state index contributed by atoms with van der Waals surface area (Å²) >= 11 is 6.22. The number of nitrogens with zero attached hydrogens (tertiary/aromatic N) is 2. The molecule has 0 spiro atoms. The number of rotatable bonds is 7. The van der Waals surface area contributed by atoms with Crippen molar-refractivity contribution in [3.63, 3.8) is 0 Å². The molecule has 0 aliphatic carbocycles. The van der Waals surface area contributed by atoms with E-state index in [0.29, 0.717) is 31.1 Å². The van der Waals surface area contributed by atoms with Gasteiger partial charge in [-0.25, -0.2) is 8.42 Å². The monoisotopic (exact) mass is 471 g/mol. The first kappa shape index (κ1) is 24.5. The third-order valence-electron chi connectivity index (χ3n) is 5.86. The van der Waals surface area contributed by atoms with Crippen molar-refractivity contribution in [3.05, 3.63) is 28.8 Å². The van der Waals surface area contributed by atoms with E-state index < -0.39 is 10.0 Å². The Labute approximate surface area is 191 Å². The largest absolute Gasteiger partial charge is 0.373 e. The molecule has 3 rings (SSSR count). The molecule has 1 aromatic rings. The van der Waals surface area contributed by atoms with E-state index in [0.717, 1.165) is 38.9 Å². The molecule has 1 aromatic carbocycles. The smallest absolute Gasteiger partial charge is 0.251 e. The lowest BCUT2D eigenvalue weighted by Crippen LogP contribution is -2.46. The van der Waals surface area contributed by atoms with Crippen LogP contribution in [0.5, 0.6) is 0 Å². The second-order valence-electron chi connectivity index (χ2n) is 8.88. The number of hydrogen-bond donors (Lipinski definition) is 1. The molecule has 2 aliphatic heterocycles. The number of amides is 1. The number of carbonyl (C=O) groups is 1. The van der Waals surface area contributed by atoms with E-state index in [9.17, 15) is 13.2 Å². The molecule has 7 nitrogen and oxygen atoms in total. The Morgan fingerprint density at radius 1 is 1.19 bits per heavy atom. The van der Waals surface area contributed by atoms with Crippen molar-refractivity contribution in [1.82, 2.24) is 14.5 Å². The molecule has 0 radical (unpaired) electrons. The summed E-state index contributed by atoms with van der Waals surface area (Å²) in [5.41, 5.74) is 0.307. The van der Waals surface area contributed by atoms with Gasteiger partial charge in [0.15, 0.2) is 0 Å². The lowest BCUT2D eigenvalue weighted by molar-refractivity contribution is -0.0680. The Morgan fingerprint density at radius 2 is 1.90 bits per heavy atom. The zero-order chi connectivity index (χ0) is 22.6. The second kappa shape index (κ2) is 10.6. The van der Waals surface area contributed by atoms with Crippen LogP contribution in [0.25, 0.3) is 0 Å². The Morgan fingerprint density at radius 3 is 2.58 bits per heavy atom. The Kier molecular flexibility index (Phi) is 8.37. The average Bonchev–Trinajstić information content (AvgIpc) is 2.70. The van der Waals surface area contributed by atoms with Crippen LogP contribution in [0.1, 0.15) is 50.4 Å². The molecular weight excluding hydrogens is 438 g/mol. The van der Waals surface area contributed by atoms with Crippen molar-refractivity contribution in [1.29, 1.82) is 0 Å². The summed E-state index contributed by atoms with van der Waals surface area (Å²) in [5.74, 6) is 0.0232. The number of morpholine rings is 1. The van der Waals surface area contributed by atoms with Crippen LogP contribution in [0, 0.1) is 5.92 Å². The molecule has 0 aromatic heterocycles. The van der Waals surface area contributed by atoms with Gasteiger partial charge in [-0.3, -0.25) is 9.69 Å². The lowest BCUT2D eigenvalue weighted by Gasteiger charge is -2.35. The molecule has 174 valence electrons.